The van der Waals surface area contributed by atoms with Crippen LogP contribution < -0.4 is 0 Å². The van der Waals surface area contributed by atoms with Crippen molar-refractivity contribution >= 4 is 5.97 Å². The van der Waals surface area contributed by atoms with Gasteiger partial charge >= 0.3 is 5.97 Å². The molecule has 0 aliphatic rings. The highest BCUT2D eigenvalue weighted by Crippen LogP contribution is 2.10. The average Bonchev–Trinajstić information content (AvgIpc) is 2.34. The molecule has 0 rings (SSSR count). The minimum absolute atomic E-state index is 0.0743. The van der Waals surface area contributed by atoms with Gasteiger partial charge in [0.1, 0.15) is 6.61 Å². The van der Waals surface area contributed by atoms with E-state index < -0.39 is 0 Å². The van der Waals surface area contributed by atoms with E-state index in [-0.39, 0.29) is 5.97 Å². The minimum atomic E-state index is -0.0743. The fraction of sp³-hybridized carbons (Fsp3) is 0.867. The van der Waals surface area contributed by atoms with Crippen LogP contribution in [0.3, 0.4) is 0 Å². The van der Waals surface area contributed by atoms with Gasteiger partial charge in [0.05, 0.1) is 0 Å². The van der Waals surface area contributed by atoms with Crippen LogP contribution in [0.4, 0.5) is 0 Å². The van der Waals surface area contributed by atoms with Crippen LogP contribution in [0, 0.1) is 6.61 Å². The summed E-state index contributed by atoms with van der Waals surface area (Å²) in [5.41, 5.74) is 0. The Labute approximate surface area is 107 Å². The van der Waals surface area contributed by atoms with E-state index >= 15 is 0 Å². The maximum atomic E-state index is 11.2. The lowest BCUT2D eigenvalue weighted by Crippen LogP contribution is -2.01. The van der Waals surface area contributed by atoms with Crippen molar-refractivity contribution < 1.29 is 9.53 Å². The molecule has 101 valence electrons. The Morgan fingerprint density at radius 1 is 0.882 bits per heavy atom. The molecule has 0 atom stereocenters. The molecule has 0 saturated heterocycles. The van der Waals surface area contributed by atoms with E-state index in [9.17, 15) is 4.79 Å². The number of carbonyl (C=O) groups is 1. The molecule has 0 aromatic heterocycles. The van der Waals surface area contributed by atoms with Crippen LogP contribution in [-0.4, -0.2) is 5.97 Å². The molecule has 0 aromatic carbocycles. The molecule has 0 amide bonds. The zero-order valence-corrected chi connectivity index (χ0v) is 11.7. The van der Waals surface area contributed by atoms with Crippen LogP contribution >= 0.6 is 0 Å². The average molecular weight is 241 g/mol. The molecule has 17 heavy (non-hydrogen) atoms. The summed E-state index contributed by atoms with van der Waals surface area (Å²) in [4.78, 5) is 11.2. The zero-order chi connectivity index (χ0) is 12.8. The Bertz CT molecular complexity index is 166. The van der Waals surface area contributed by atoms with Gasteiger partial charge in [0, 0.05) is 6.42 Å². The lowest BCUT2D eigenvalue weighted by molar-refractivity contribution is -0.140. The van der Waals surface area contributed by atoms with Gasteiger partial charge in [-0.15, -0.1) is 0 Å². The highest BCUT2D eigenvalue weighted by molar-refractivity contribution is 5.69. The van der Waals surface area contributed by atoms with E-state index in [2.05, 4.69) is 6.92 Å². The van der Waals surface area contributed by atoms with Gasteiger partial charge in [0.2, 0.25) is 0 Å². The Balaban J connectivity index is 3.05. The third-order valence-electron chi connectivity index (χ3n) is 2.87. The second kappa shape index (κ2) is 13.5. The van der Waals surface area contributed by atoms with Crippen LogP contribution in [-0.2, 0) is 9.53 Å². The van der Waals surface area contributed by atoms with Crippen molar-refractivity contribution in [3.8, 4) is 0 Å². The maximum absolute atomic E-state index is 11.2. The van der Waals surface area contributed by atoms with E-state index in [1.807, 2.05) is 6.92 Å². The molecule has 0 aliphatic carbocycles. The molecule has 0 heterocycles. The largest absolute Gasteiger partial charge is 0.458 e. The molecule has 0 bridgehead atoms. The first kappa shape index (κ1) is 16.5. The highest BCUT2D eigenvalue weighted by atomic mass is 16.5. The van der Waals surface area contributed by atoms with E-state index in [0.717, 1.165) is 19.3 Å². The van der Waals surface area contributed by atoms with E-state index in [1.54, 1.807) is 6.61 Å². The Morgan fingerprint density at radius 3 is 1.94 bits per heavy atom. The third kappa shape index (κ3) is 13.4. The third-order valence-corrected chi connectivity index (χ3v) is 2.87. The van der Waals surface area contributed by atoms with Gasteiger partial charge in [-0.2, -0.15) is 0 Å². The quantitative estimate of drug-likeness (QED) is 0.354. The molecule has 0 unspecified atom stereocenters. The summed E-state index contributed by atoms with van der Waals surface area (Å²) in [5, 5.41) is 0. The molecule has 1 radical (unpaired) electrons. The Hall–Kier alpha value is -0.530. The van der Waals surface area contributed by atoms with Crippen LogP contribution in [0.25, 0.3) is 0 Å². The molecule has 0 saturated carbocycles. The monoisotopic (exact) mass is 241 g/mol. The lowest BCUT2D eigenvalue weighted by atomic mass is 10.1. The van der Waals surface area contributed by atoms with E-state index in [0.29, 0.717) is 6.42 Å². The normalized spacial score (nSPS) is 10.5. The summed E-state index contributed by atoms with van der Waals surface area (Å²) in [6.45, 7) is 5.79. The fourth-order valence-electron chi connectivity index (χ4n) is 1.82. The van der Waals surface area contributed by atoms with E-state index in [4.69, 9.17) is 4.74 Å². The standard InChI is InChI=1S/C15H29O2/c1-3-5-6-7-8-9-10-11-12-13-15(16)17-14-4-2/h14H,3-13H2,1-2H3. The van der Waals surface area contributed by atoms with Crippen molar-refractivity contribution in [1.29, 1.82) is 0 Å². The Morgan fingerprint density at radius 2 is 1.41 bits per heavy atom. The number of rotatable bonds is 12. The number of esters is 1. The summed E-state index contributed by atoms with van der Waals surface area (Å²) < 4.78 is 4.90. The van der Waals surface area contributed by atoms with Crippen molar-refractivity contribution in [2.24, 2.45) is 0 Å². The molecule has 2 nitrogen and oxygen atoms in total. The number of carbonyl (C=O) groups excluding carboxylic acids is 1. The zero-order valence-electron chi connectivity index (χ0n) is 11.7. The van der Waals surface area contributed by atoms with Gasteiger partial charge in [0.15, 0.2) is 0 Å². The molecule has 0 aliphatic heterocycles. The first-order valence-electron chi connectivity index (χ1n) is 7.32. The maximum Gasteiger partial charge on any atom is 0.306 e. The first-order valence-corrected chi connectivity index (χ1v) is 7.32. The first-order chi connectivity index (χ1) is 8.31. The molecular weight excluding hydrogens is 212 g/mol. The molecular formula is C15H29O2. The highest BCUT2D eigenvalue weighted by Gasteiger charge is 2.01. The second-order valence-corrected chi connectivity index (χ2v) is 4.64. The van der Waals surface area contributed by atoms with Crippen molar-refractivity contribution in [1.82, 2.24) is 0 Å². The van der Waals surface area contributed by atoms with E-state index in [1.165, 1.54) is 44.9 Å². The lowest BCUT2D eigenvalue weighted by Gasteiger charge is -2.03. The van der Waals surface area contributed by atoms with Gasteiger partial charge in [0.25, 0.3) is 0 Å². The van der Waals surface area contributed by atoms with Crippen molar-refractivity contribution in [2.45, 2.75) is 84.5 Å². The molecule has 0 spiro atoms. The van der Waals surface area contributed by atoms with Crippen LogP contribution in [0.1, 0.15) is 84.5 Å². The predicted octanol–water partition coefficient (Wildman–Crippen LogP) is 5.02. The molecule has 0 aromatic rings. The van der Waals surface area contributed by atoms with Gasteiger partial charge < -0.3 is 4.74 Å². The van der Waals surface area contributed by atoms with Gasteiger partial charge in [-0.05, 0) is 12.8 Å². The summed E-state index contributed by atoms with van der Waals surface area (Å²) in [7, 11) is 0. The van der Waals surface area contributed by atoms with Gasteiger partial charge in [-0.1, -0.05) is 65.2 Å². The molecule has 0 N–H and O–H groups in total. The number of hydrogen-bond acceptors (Lipinski definition) is 2. The van der Waals surface area contributed by atoms with Gasteiger partial charge in [-0.25, -0.2) is 0 Å². The van der Waals surface area contributed by atoms with Crippen LogP contribution in [0.2, 0.25) is 0 Å². The minimum Gasteiger partial charge on any atom is -0.458 e. The number of ether oxygens (including phenoxy) is 1. The SMILES string of the molecule is CC[CH]OC(=O)CCCCCCCCCCC. The summed E-state index contributed by atoms with van der Waals surface area (Å²) in [5.74, 6) is -0.0743. The second-order valence-electron chi connectivity index (χ2n) is 4.64. The number of unbranched alkanes of at least 4 members (excludes halogenated alkanes) is 8. The van der Waals surface area contributed by atoms with Crippen LogP contribution in [0.5, 0.6) is 0 Å². The molecule has 2 heteroatoms. The van der Waals surface area contributed by atoms with Crippen molar-refractivity contribution in [2.75, 3.05) is 0 Å². The number of hydrogen-bond donors (Lipinski definition) is 0. The summed E-state index contributed by atoms with van der Waals surface area (Å²) >= 11 is 0. The topological polar surface area (TPSA) is 26.3 Å². The predicted molar refractivity (Wildman–Crippen MR) is 72.5 cm³/mol. The summed E-state index contributed by atoms with van der Waals surface area (Å²) in [6, 6.07) is 0. The van der Waals surface area contributed by atoms with Crippen LogP contribution in [0.15, 0.2) is 0 Å². The fourth-order valence-corrected chi connectivity index (χ4v) is 1.82. The molecule has 0 fully saturated rings. The van der Waals surface area contributed by atoms with Crippen molar-refractivity contribution in [3.63, 3.8) is 0 Å². The summed E-state index contributed by atoms with van der Waals surface area (Å²) in [6.07, 6.45) is 12.9. The van der Waals surface area contributed by atoms with Crippen molar-refractivity contribution in [3.05, 3.63) is 6.61 Å². The Kier molecular flexibility index (Phi) is 13.1. The van der Waals surface area contributed by atoms with Gasteiger partial charge in [-0.3, -0.25) is 4.79 Å². The smallest absolute Gasteiger partial charge is 0.306 e.